The predicted octanol–water partition coefficient (Wildman–Crippen LogP) is 10.9. The van der Waals surface area contributed by atoms with Crippen LogP contribution in [0, 0.1) is 11.8 Å². The smallest absolute Gasteiger partial charge is 0.308 e. The fourth-order valence-corrected chi connectivity index (χ4v) is 6.01. The van der Waals surface area contributed by atoms with Crippen molar-refractivity contribution in [3.05, 3.63) is 24.3 Å². The molecule has 5 nitrogen and oxygen atoms in total. The summed E-state index contributed by atoms with van der Waals surface area (Å²) in [5, 5.41) is 0. The molecular weight excluding hydrogens is 536 g/mol. The van der Waals surface area contributed by atoms with E-state index in [9.17, 15) is 9.59 Å². The van der Waals surface area contributed by atoms with Gasteiger partial charge in [0.15, 0.2) is 0 Å². The first-order valence-electron chi connectivity index (χ1n) is 18.4. The van der Waals surface area contributed by atoms with Gasteiger partial charge in [-0.25, -0.2) is 0 Å². The molecule has 1 saturated carbocycles. The Hall–Kier alpha value is -1.62. The Morgan fingerprint density at radius 2 is 1.12 bits per heavy atom. The molecule has 248 valence electrons. The number of hydrogen-bond acceptors (Lipinski definition) is 5. The molecule has 0 amide bonds. The van der Waals surface area contributed by atoms with E-state index in [4.69, 9.17) is 14.2 Å². The van der Waals surface area contributed by atoms with E-state index in [1.807, 2.05) is 0 Å². The van der Waals surface area contributed by atoms with Crippen LogP contribution in [0.15, 0.2) is 24.3 Å². The maximum Gasteiger partial charge on any atom is 0.308 e. The highest BCUT2D eigenvalue weighted by Gasteiger charge is 2.36. The van der Waals surface area contributed by atoms with Crippen LogP contribution in [0.5, 0.6) is 0 Å². The second-order valence-corrected chi connectivity index (χ2v) is 13.1. The Morgan fingerprint density at radius 3 is 1.72 bits per heavy atom. The molecule has 5 heteroatoms. The third kappa shape index (κ3) is 21.7. The van der Waals surface area contributed by atoms with Crippen molar-refractivity contribution in [3.8, 4) is 0 Å². The van der Waals surface area contributed by atoms with Crippen molar-refractivity contribution in [2.75, 3.05) is 6.79 Å². The van der Waals surface area contributed by atoms with E-state index in [1.165, 1.54) is 96.3 Å². The van der Waals surface area contributed by atoms with Crippen molar-refractivity contribution in [1.29, 1.82) is 0 Å². The lowest BCUT2D eigenvalue weighted by Gasteiger charge is -2.06. The molecule has 2 aliphatic rings. The average molecular weight is 603 g/mol. The summed E-state index contributed by atoms with van der Waals surface area (Å²) in [7, 11) is 0. The van der Waals surface area contributed by atoms with Gasteiger partial charge in [-0.05, 0) is 76.0 Å². The molecule has 1 aliphatic carbocycles. The molecule has 2 fully saturated rings. The van der Waals surface area contributed by atoms with E-state index in [0.717, 1.165) is 63.2 Å². The molecule has 1 heterocycles. The number of epoxide rings is 1. The minimum atomic E-state index is -0.274. The Balaban J connectivity index is 1.25. The topological polar surface area (TPSA) is 65.1 Å². The molecule has 1 aliphatic heterocycles. The van der Waals surface area contributed by atoms with Gasteiger partial charge in [0.25, 0.3) is 0 Å². The molecule has 1 saturated heterocycles. The Kier molecular flexibility index (Phi) is 22.4. The summed E-state index contributed by atoms with van der Waals surface area (Å²) < 4.78 is 15.9. The van der Waals surface area contributed by atoms with Crippen LogP contribution in [0.1, 0.15) is 174 Å². The molecule has 0 aromatic carbocycles. The summed E-state index contributed by atoms with van der Waals surface area (Å²) in [5.74, 6) is 1.44. The number of carbonyl (C=O) groups excluding carboxylic acids is 2. The second kappa shape index (κ2) is 25.7. The number of rotatable bonds is 30. The zero-order chi connectivity index (χ0) is 30.8. The maximum absolute atomic E-state index is 11.9. The third-order valence-corrected chi connectivity index (χ3v) is 9.11. The van der Waals surface area contributed by atoms with E-state index in [0.29, 0.717) is 25.0 Å². The van der Waals surface area contributed by atoms with E-state index in [1.54, 1.807) is 0 Å². The molecule has 0 N–H and O–H groups in total. The van der Waals surface area contributed by atoms with Crippen molar-refractivity contribution in [2.24, 2.45) is 11.8 Å². The normalized spacial score (nSPS) is 21.1. The van der Waals surface area contributed by atoms with E-state index in [2.05, 4.69) is 38.2 Å². The highest BCUT2D eigenvalue weighted by atomic mass is 16.7. The molecule has 4 atom stereocenters. The fraction of sp³-hybridized carbons (Fsp3) is 0.842. The van der Waals surface area contributed by atoms with Gasteiger partial charge in [-0.3, -0.25) is 9.59 Å². The van der Waals surface area contributed by atoms with Crippen molar-refractivity contribution >= 4 is 11.9 Å². The van der Waals surface area contributed by atoms with Gasteiger partial charge in [0, 0.05) is 12.8 Å². The minimum absolute atomic E-state index is 0.248. The first kappa shape index (κ1) is 37.6. The van der Waals surface area contributed by atoms with Gasteiger partial charge in [0.1, 0.15) is 0 Å². The molecule has 0 bridgehead atoms. The van der Waals surface area contributed by atoms with Gasteiger partial charge < -0.3 is 14.2 Å². The number of unbranched alkanes of at least 4 members (excludes halogenated alkanes) is 14. The lowest BCUT2D eigenvalue weighted by molar-refractivity contribution is -0.167. The monoisotopic (exact) mass is 602 g/mol. The predicted molar refractivity (Wildman–Crippen MR) is 178 cm³/mol. The van der Waals surface area contributed by atoms with Gasteiger partial charge in [0.05, 0.1) is 12.2 Å². The van der Waals surface area contributed by atoms with Crippen LogP contribution in [-0.2, 0) is 23.8 Å². The Labute approximate surface area is 265 Å². The summed E-state index contributed by atoms with van der Waals surface area (Å²) in [6.07, 6.45) is 38.8. The molecule has 0 radical (unpaired) electrons. The largest absolute Gasteiger partial charge is 0.428 e. The van der Waals surface area contributed by atoms with Crippen LogP contribution in [-0.4, -0.2) is 30.9 Å². The molecule has 0 spiro atoms. The van der Waals surface area contributed by atoms with Crippen LogP contribution in [0.4, 0.5) is 0 Å². The first-order valence-corrected chi connectivity index (χ1v) is 18.4. The van der Waals surface area contributed by atoms with Crippen LogP contribution in [0.25, 0.3) is 0 Å². The van der Waals surface area contributed by atoms with Crippen molar-refractivity contribution in [2.45, 2.75) is 187 Å². The summed E-state index contributed by atoms with van der Waals surface area (Å²) in [4.78, 5) is 23.8. The number of ether oxygens (including phenoxy) is 3. The average Bonchev–Trinajstić information content (AvgIpc) is 3.92. The lowest BCUT2D eigenvalue weighted by atomic mass is 10.1. The van der Waals surface area contributed by atoms with Gasteiger partial charge in [-0.2, -0.15) is 0 Å². The Morgan fingerprint density at radius 1 is 0.581 bits per heavy atom. The van der Waals surface area contributed by atoms with Gasteiger partial charge >= 0.3 is 11.9 Å². The van der Waals surface area contributed by atoms with Crippen molar-refractivity contribution in [3.63, 3.8) is 0 Å². The van der Waals surface area contributed by atoms with E-state index >= 15 is 0 Å². The highest BCUT2D eigenvalue weighted by molar-refractivity contribution is 5.70. The SMILES string of the molecule is CCCCCC1CC1C/C=C\CCCCCCCC(=O)OCOC(=O)CCCCCCC/C=C\CC1OC1CCCCC. The molecule has 0 aromatic rings. The van der Waals surface area contributed by atoms with Gasteiger partial charge in [0.2, 0.25) is 6.79 Å². The first-order chi connectivity index (χ1) is 21.1. The molecule has 43 heavy (non-hydrogen) atoms. The lowest BCUT2D eigenvalue weighted by Crippen LogP contribution is -2.12. The summed E-state index contributed by atoms with van der Waals surface area (Å²) >= 11 is 0. The van der Waals surface area contributed by atoms with E-state index < -0.39 is 0 Å². The Bertz CT molecular complexity index is 697. The van der Waals surface area contributed by atoms with Gasteiger partial charge in [-0.15, -0.1) is 0 Å². The zero-order valence-electron chi connectivity index (χ0n) is 28.0. The van der Waals surface area contributed by atoms with Gasteiger partial charge in [-0.1, -0.05) is 122 Å². The molecular formula is C38H66O5. The number of allylic oxidation sites excluding steroid dienone is 3. The molecule has 2 rings (SSSR count). The zero-order valence-corrected chi connectivity index (χ0v) is 28.0. The summed E-state index contributed by atoms with van der Waals surface area (Å²) in [5.41, 5.74) is 0. The third-order valence-electron chi connectivity index (χ3n) is 9.11. The van der Waals surface area contributed by atoms with Crippen LogP contribution in [0.2, 0.25) is 0 Å². The van der Waals surface area contributed by atoms with Crippen LogP contribution >= 0.6 is 0 Å². The van der Waals surface area contributed by atoms with Crippen LogP contribution in [0.3, 0.4) is 0 Å². The highest BCUT2D eigenvalue weighted by Crippen LogP contribution is 2.45. The van der Waals surface area contributed by atoms with Crippen LogP contribution < -0.4 is 0 Å². The molecule has 0 aromatic heterocycles. The summed E-state index contributed by atoms with van der Waals surface area (Å²) in [6, 6.07) is 0. The number of carbonyl (C=O) groups is 2. The maximum atomic E-state index is 11.9. The standard InChI is InChI=1S/C38H66O5/c1-3-5-19-25-33-31-34(33)26-21-15-11-7-9-13-17-23-29-37(39)41-32-42-38(40)30-24-18-14-10-8-12-16-22-28-36-35(43-36)27-20-6-4-2/h15-16,21-22,33-36H,3-14,17-20,23-32H2,1-2H3/b21-15-,22-16-. The van der Waals surface area contributed by atoms with Crippen molar-refractivity contribution < 1.29 is 23.8 Å². The quantitative estimate of drug-likeness (QED) is 0.0269. The van der Waals surface area contributed by atoms with E-state index in [-0.39, 0.29) is 18.7 Å². The fourth-order valence-electron chi connectivity index (χ4n) is 6.01. The second-order valence-electron chi connectivity index (χ2n) is 13.1. The molecule has 4 unspecified atom stereocenters. The minimum Gasteiger partial charge on any atom is -0.428 e. The van der Waals surface area contributed by atoms with Crippen molar-refractivity contribution in [1.82, 2.24) is 0 Å². The summed E-state index contributed by atoms with van der Waals surface area (Å²) in [6.45, 7) is 4.27. The number of hydrogen-bond donors (Lipinski definition) is 0. The number of esters is 2.